The zero-order valence-electron chi connectivity index (χ0n) is 35.0. The van der Waals surface area contributed by atoms with E-state index in [-0.39, 0.29) is 28.3 Å². The van der Waals surface area contributed by atoms with Crippen molar-refractivity contribution >= 4 is 72.2 Å². The number of aromatic amines is 1. The molecule has 5 aromatic rings. The van der Waals surface area contributed by atoms with E-state index in [1.54, 1.807) is 30.5 Å². The van der Waals surface area contributed by atoms with Gasteiger partial charge >= 0.3 is 0 Å². The SMILES string of the molecule is CC1(C)CCC(CN2CCN(c3ccc(C(=O)NS(=O)(=O)c4ccc(NCC5CCOCC5)c([N+](=O)[O-])c4)c(Oc4cnc5[nH]ccc5c4)c3)CC2)=C(c2ccc(CI)cc2)C1. The predicted molar refractivity (Wildman–Crippen MR) is 250 cm³/mol. The summed E-state index contributed by atoms with van der Waals surface area (Å²) < 4.78 is 42.2. The second kappa shape index (κ2) is 18.7. The highest BCUT2D eigenvalue weighted by Gasteiger charge is 2.31. The molecule has 14 nitrogen and oxygen atoms in total. The van der Waals surface area contributed by atoms with Crippen molar-refractivity contribution in [2.75, 3.05) is 62.7 Å². The van der Waals surface area contributed by atoms with Crippen LogP contribution in [0, 0.1) is 21.4 Å². The van der Waals surface area contributed by atoms with E-state index in [2.05, 4.69) is 90.5 Å². The van der Waals surface area contributed by atoms with Crippen LogP contribution in [-0.2, 0) is 19.2 Å². The van der Waals surface area contributed by atoms with Crippen LogP contribution in [0.1, 0.15) is 67.4 Å². The van der Waals surface area contributed by atoms with E-state index >= 15 is 0 Å². The maximum Gasteiger partial charge on any atom is 0.293 e. The number of piperazine rings is 1. The number of nitrogens with zero attached hydrogens (tertiary/aromatic N) is 4. The van der Waals surface area contributed by atoms with Crippen LogP contribution in [0.15, 0.2) is 95.7 Å². The van der Waals surface area contributed by atoms with E-state index in [0.717, 1.165) is 86.4 Å². The monoisotopic (exact) mass is 973 g/mol. The molecule has 0 spiro atoms. The summed E-state index contributed by atoms with van der Waals surface area (Å²) in [6, 6.07) is 21.4. The summed E-state index contributed by atoms with van der Waals surface area (Å²) in [6.07, 6.45) is 8.25. The van der Waals surface area contributed by atoms with E-state index in [4.69, 9.17) is 9.47 Å². The maximum atomic E-state index is 13.9. The molecule has 1 amide bonds. The first-order valence-corrected chi connectivity index (χ1v) is 24.1. The van der Waals surface area contributed by atoms with Gasteiger partial charge in [0.25, 0.3) is 21.6 Å². The van der Waals surface area contributed by atoms with Gasteiger partial charge in [-0.05, 0) is 96.5 Å². The number of nitro groups is 1. The Morgan fingerprint density at radius 3 is 2.55 bits per heavy atom. The number of ether oxygens (including phenoxy) is 2. The van der Waals surface area contributed by atoms with E-state index in [9.17, 15) is 23.3 Å². The number of anilines is 2. The summed E-state index contributed by atoms with van der Waals surface area (Å²) in [5, 5.41) is 16.0. The highest BCUT2D eigenvalue weighted by Crippen LogP contribution is 2.43. The number of hydrogen-bond donors (Lipinski definition) is 3. The number of benzene rings is 3. The summed E-state index contributed by atoms with van der Waals surface area (Å²) in [5.74, 6) is -0.167. The zero-order chi connectivity index (χ0) is 43.4. The van der Waals surface area contributed by atoms with Crippen LogP contribution in [0.5, 0.6) is 11.5 Å². The predicted octanol–water partition coefficient (Wildman–Crippen LogP) is 8.94. The lowest BCUT2D eigenvalue weighted by Gasteiger charge is -2.39. The molecule has 2 fully saturated rings. The summed E-state index contributed by atoms with van der Waals surface area (Å²) in [5.41, 5.74) is 7.15. The normalized spacial score (nSPS) is 17.6. The van der Waals surface area contributed by atoms with Crippen LogP contribution >= 0.6 is 22.6 Å². The molecule has 3 aromatic carbocycles. The van der Waals surface area contributed by atoms with Gasteiger partial charge in [-0.2, -0.15) is 0 Å². The van der Waals surface area contributed by atoms with Crippen LogP contribution in [0.25, 0.3) is 16.6 Å². The molecule has 0 atom stereocenters. The number of hydrogen-bond acceptors (Lipinski definition) is 11. The van der Waals surface area contributed by atoms with Gasteiger partial charge in [-0.15, -0.1) is 0 Å². The first-order chi connectivity index (χ1) is 29.8. The molecule has 2 saturated heterocycles. The smallest absolute Gasteiger partial charge is 0.293 e. The number of carbonyl (C=O) groups is 1. The number of rotatable bonds is 14. The van der Waals surface area contributed by atoms with Gasteiger partial charge in [0.15, 0.2) is 0 Å². The molecule has 0 radical (unpaired) electrons. The fourth-order valence-electron chi connectivity index (χ4n) is 8.54. The maximum absolute atomic E-state index is 13.9. The number of alkyl halides is 1. The molecule has 2 aliphatic heterocycles. The minimum absolute atomic E-state index is 0.0272. The van der Waals surface area contributed by atoms with Crippen molar-refractivity contribution in [3.8, 4) is 11.5 Å². The van der Waals surface area contributed by atoms with Crippen molar-refractivity contribution in [3.05, 3.63) is 118 Å². The standard InChI is InChI=1S/C46H52IN7O7S/c1-46(2)15-11-35(40(26-46)33-5-3-31(27-47)4-6-33)30-52-17-19-53(20-18-52)36-7-9-39(43(24-36)61-37-23-34-12-16-48-44(34)50-29-37)45(55)51-62(58,59)38-8-10-41(42(25-38)54(56)57)49-28-32-13-21-60-22-14-32/h3-10,12,16,23-25,29,32,49H,11,13-15,17-22,26-28,30H2,1-2H3,(H,48,50)(H,51,55). The molecule has 1 aliphatic carbocycles. The molecule has 3 aliphatic rings. The van der Waals surface area contributed by atoms with E-state index in [0.29, 0.717) is 31.2 Å². The van der Waals surface area contributed by atoms with Gasteiger partial charge in [0.2, 0.25) is 0 Å². The molecule has 0 saturated carbocycles. The van der Waals surface area contributed by atoms with Crippen LogP contribution in [0.2, 0.25) is 0 Å². The lowest BCUT2D eigenvalue weighted by Crippen LogP contribution is -2.47. The zero-order valence-corrected chi connectivity index (χ0v) is 38.0. The molecular formula is C46H52IN7O7S. The van der Waals surface area contributed by atoms with Crippen molar-refractivity contribution in [2.24, 2.45) is 11.3 Å². The number of amides is 1. The molecule has 2 aromatic heterocycles. The van der Waals surface area contributed by atoms with Crippen molar-refractivity contribution in [3.63, 3.8) is 0 Å². The first-order valence-electron chi connectivity index (χ1n) is 21.1. The second-order valence-corrected chi connectivity index (χ2v) is 19.6. The number of carbonyl (C=O) groups excluding carboxylic acids is 1. The number of H-pyrrole nitrogens is 1. The molecule has 4 heterocycles. The van der Waals surface area contributed by atoms with Crippen LogP contribution in [-0.4, -0.2) is 86.6 Å². The Bertz CT molecular complexity index is 2580. The first kappa shape index (κ1) is 43.6. The largest absolute Gasteiger partial charge is 0.455 e. The van der Waals surface area contributed by atoms with E-state index < -0.39 is 31.4 Å². The highest BCUT2D eigenvalue weighted by molar-refractivity contribution is 14.1. The Morgan fingerprint density at radius 1 is 1.03 bits per heavy atom. The molecular weight excluding hydrogens is 922 g/mol. The van der Waals surface area contributed by atoms with Crippen molar-refractivity contribution in [1.29, 1.82) is 0 Å². The summed E-state index contributed by atoms with van der Waals surface area (Å²) in [4.78, 5) is 37.2. The highest BCUT2D eigenvalue weighted by atomic mass is 127. The van der Waals surface area contributed by atoms with Gasteiger partial charge in [0, 0.05) is 86.3 Å². The average molecular weight is 974 g/mol. The summed E-state index contributed by atoms with van der Waals surface area (Å²) >= 11 is 2.41. The number of halogens is 1. The van der Waals surface area contributed by atoms with Gasteiger partial charge in [0.05, 0.1) is 21.6 Å². The number of aromatic nitrogens is 2. The van der Waals surface area contributed by atoms with Gasteiger partial charge in [-0.3, -0.25) is 19.8 Å². The number of sulfonamides is 1. The topological polar surface area (TPSA) is 172 Å². The van der Waals surface area contributed by atoms with Crippen molar-refractivity contribution in [1.82, 2.24) is 19.6 Å². The van der Waals surface area contributed by atoms with Crippen LogP contribution in [0.3, 0.4) is 0 Å². The Morgan fingerprint density at radius 2 is 1.81 bits per heavy atom. The Hall–Kier alpha value is -5.04. The lowest BCUT2D eigenvalue weighted by atomic mass is 9.72. The molecule has 3 N–H and O–H groups in total. The van der Waals surface area contributed by atoms with Gasteiger partial charge in [-0.1, -0.05) is 66.3 Å². The van der Waals surface area contributed by atoms with Crippen molar-refractivity contribution < 1.29 is 27.6 Å². The fourth-order valence-corrected chi connectivity index (χ4v) is 10.0. The summed E-state index contributed by atoms with van der Waals surface area (Å²) in [6.45, 7) is 10.6. The quantitative estimate of drug-likeness (QED) is 0.0420. The molecule has 0 bridgehead atoms. The van der Waals surface area contributed by atoms with Crippen LogP contribution < -0.4 is 19.7 Å². The minimum Gasteiger partial charge on any atom is -0.455 e. The second-order valence-electron chi connectivity index (χ2n) is 17.2. The molecule has 0 unspecified atom stereocenters. The molecule has 62 heavy (non-hydrogen) atoms. The van der Waals surface area contributed by atoms with Crippen molar-refractivity contribution in [2.45, 2.75) is 55.3 Å². The molecule has 16 heteroatoms. The van der Waals surface area contributed by atoms with Crippen LogP contribution in [0.4, 0.5) is 17.1 Å². The fraction of sp³-hybridized carbons (Fsp3) is 0.391. The lowest BCUT2D eigenvalue weighted by molar-refractivity contribution is -0.384. The number of nitro benzene ring substituents is 1. The van der Waals surface area contributed by atoms with Gasteiger partial charge in [0.1, 0.15) is 22.8 Å². The minimum atomic E-state index is -4.55. The molecule has 326 valence electrons. The van der Waals surface area contributed by atoms with Gasteiger partial charge < -0.3 is 24.7 Å². The number of fused-ring (bicyclic) bond motifs is 1. The van der Waals surface area contributed by atoms with E-state index in [1.807, 2.05) is 6.07 Å². The average Bonchev–Trinajstić information content (AvgIpc) is 3.75. The van der Waals surface area contributed by atoms with E-state index in [1.165, 1.54) is 40.6 Å². The third kappa shape index (κ3) is 10.2. The number of allylic oxidation sites excluding steroid dienone is 1. The third-order valence-corrected chi connectivity index (χ3v) is 14.4. The number of pyridine rings is 1. The Balaban J connectivity index is 1.00. The third-order valence-electron chi connectivity index (χ3n) is 12.2. The Labute approximate surface area is 375 Å². The van der Waals surface area contributed by atoms with Gasteiger partial charge in [-0.25, -0.2) is 18.1 Å². The number of nitrogens with one attached hydrogen (secondary N) is 3. The Kier molecular flexibility index (Phi) is 13.2. The summed E-state index contributed by atoms with van der Waals surface area (Å²) in [7, 11) is -4.55. The molecule has 8 rings (SSSR count).